The van der Waals surface area contributed by atoms with Gasteiger partial charge < -0.3 is 15.8 Å². The number of anilines is 1. The maximum atomic E-state index is 12.5. The minimum Gasteiger partial charge on any atom is -0.496 e. The molecule has 2 amide bonds. The molecule has 3 aromatic rings. The standard InChI is InChI=1S/C23H22N2O3S/c1-15-19(14-16-8-4-3-5-9-16)29-23(21(15)22(24)27)25-20(26)13-12-17-10-6-7-11-18(17)28-2/h3-13H,14H2,1-2H3,(H2,24,27)(H,25,26). The third-order valence-electron chi connectivity index (χ3n) is 4.49. The average molecular weight is 407 g/mol. The van der Waals surface area contributed by atoms with Gasteiger partial charge in [0.2, 0.25) is 5.91 Å². The lowest BCUT2D eigenvalue weighted by atomic mass is 10.1. The number of ether oxygens (including phenoxy) is 1. The van der Waals surface area contributed by atoms with Gasteiger partial charge in [0, 0.05) is 22.9 Å². The van der Waals surface area contributed by atoms with E-state index in [2.05, 4.69) is 5.32 Å². The molecule has 0 bridgehead atoms. The summed E-state index contributed by atoms with van der Waals surface area (Å²) in [5, 5.41) is 3.27. The Morgan fingerprint density at radius 1 is 1.10 bits per heavy atom. The van der Waals surface area contributed by atoms with Crippen LogP contribution in [0.5, 0.6) is 5.75 Å². The number of carbonyl (C=O) groups excluding carboxylic acids is 2. The molecule has 3 rings (SSSR count). The molecule has 148 valence electrons. The molecule has 1 aromatic heterocycles. The van der Waals surface area contributed by atoms with Crippen molar-refractivity contribution in [3.63, 3.8) is 0 Å². The van der Waals surface area contributed by atoms with Crippen molar-refractivity contribution in [3.8, 4) is 5.75 Å². The first kappa shape index (κ1) is 20.4. The molecule has 3 N–H and O–H groups in total. The maximum absolute atomic E-state index is 12.5. The van der Waals surface area contributed by atoms with Crippen molar-refractivity contribution < 1.29 is 14.3 Å². The molecule has 0 radical (unpaired) electrons. The molecule has 0 aliphatic carbocycles. The Kier molecular flexibility index (Phi) is 6.46. The number of para-hydroxylation sites is 1. The normalized spacial score (nSPS) is 10.8. The Bertz CT molecular complexity index is 1060. The van der Waals surface area contributed by atoms with Gasteiger partial charge in [-0.3, -0.25) is 9.59 Å². The summed E-state index contributed by atoms with van der Waals surface area (Å²) in [5.41, 5.74) is 8.66. The summed E-state index contributed by atoms with van der Waals surface area (Å²) < 4.78 is 5.28. The van der Waals surface area contributed by atoms with Crippen molar-refractivity contribution in [3.05, 3.63) is 87.8 Å². The fraction of sp³-hybridized carbons (Fsp3) is 0.130. The number of methoxy groups -OCH3 is 1. The van der Waals surface area contributed by atoms with Crippen LogP contribution in [0.1, 0.15) is 31.9 Å². The van der Waals surface area contributed by atoms with Crippen LogP contribution in [-0.4, -0.2) is 18.9 Å². The summed E-state index contributed by atoms with van der Waals surface area (Å²) in [7, 11) is 1.58. The molecule has 0 aliphatic heterocycles. The molecule has 0 atom stereocenters. The SMILES string of the molecule is COc1ccccc1C=CC(=O)Nc1sc(Cc2ccccc2)c(C)c1C(N)=O. The molecule has 6 heteroatoms. The molecular formula is C23H22N2O3S. The third-order valence-corrected chi connectivity index (χ3v) is 5.70. The molecule has 0 saturated heterocycles. The van der Waals surface area contributed by atoms with Crippen molar-refractivity contribution in [2.75, 3.05) is 12.4 Å². The van der Waals surface area contributed by atoms with E-state index in [0.29, 0.717) is 22.7 Å². The van der Waals surface area contributed by atoms with Crippen molar-refractivity contribution in [1.29, 1.82) is 0 Å². The maximum Gasteiger partial charge on any atom is 0.251 e. The smallest absolute Gasteiger partial charge is 0.251 e. The second kappa shape index (κ2) is 9.21. The number of nitrogens with two attached hydrogens (primary N) is 1. The summed E-state index contributed by atoms with van der Waals surface area (Å²) in [5.74, 6) is -0.223. The number of nitrogens with one attached hydrogen (secondary N) is 1. The van der Waals surface area contributed by atoms with Gasteiger partial charge >= 0.3 is 0 Å². The highest BCUT2D eigenvalue weighted by Crippen LogP contribution is 2.34. The van der Waals surface area contributed by atoms with E-state index in [1.165, 1.54) is 17.4 Å². The third kappa shape index (κ3) is 4.92. The van der Waals surface area contributed by atoms with Gasteiger partial charge in [0.15, 0.2) is 0 Å². The number of hydrogen-bond acceptors (Lipinski definition) is 4. The van der Waals surface area contributed by atoms with Gasteiger partial charge in [-0.25, -0.2) is 0 Å². The number of hydrogen-bond donors (Lipinski definition) is 2. The number of primary amides is 1. The van der Waals surface area contributed by atoms with Crippen LogP contribution >= 0.6 is 11.3 Å². The zero-order valence-electron chi connectivity index (χ0n) is 16.3. The van der Waals surface area contributed by atoms with Gasteiger partial charge in [0.25, 0.3) is 5.91 Å². The number of thiophene rings is 1. The quantitative estimate of drug-likeness (QED) is 0.571. The van der Waals surface area contributed by atoms with E-state index in [1.807, 2.05) is 61.5 Å². The van der Waals surface area contributed by atoms with Crippen LogP contribution in [0.4, 0.5) is 5.00 Å². The highest BCUT2D eigenvalue weighted by molar-refractivity contribution is 7.17. The summed E-state index contributed by atoms with van der Waals surface area (Å²) in [4.78, 5) is 25.4. The predicted octanol–water partition coefficient (Wildman–Crippen LogP) is 4.41. The van der Waals surface area contributed by atoms with Crippen LogP contribution in [0, 0.1) is 6.92 Å². The highest BCUT2D eigenvalue weighted by atomic mass is 32.1. The van der Waals surface area contributed by atoms with Crippen molar-refractivity contribution in [1.82, 2.24) is 0 Å². The summed E-state index contributed by atoms with van der Waals surface area (Å²) in [6.07, 6.45) is 3.75. The van der Waals surface area contributed by atoms with E-state index in [4.69, 9.17) is 10.5 Å². The molecule has 0 fully saturated rings. The van der Waals surface area contributed by atoms with Crippen LogP contribution < -0.4 is 15.8 Å². The van der Waals surface area contributed by atoms with Gasteiger partial charge in [-0.1, -0.05) is 48.5 Å². The van der Waals surface area contributed by atoms with Crippen LogP contribution in [0.25, 0.3) is 6.08 Å². The van der Waals surface area contributed by atoms with E-state index in [0.717, 1.165) is 21.6 Å². The Morgan fingerprint density at radius 3 is 2.48 bits per heavy atom. The van der Waals surface area contributed by atoms with E-state index in [1.54, 1.807) is 13.2 Å². The van der Waals surface area contributed by atoms with Gasteiger partial charge in [-0.2, -0.15) is 0 Å². The van der Waals surface area contributed by atoms with Crippen molar-refractivity contribution >= 4 is 34.2 Å². The van der Waals surface area contributed by atoms with E-state index < -0.39 is 5.91 Å². The van der Waals surface area contributed by atoms with Crippen molar-refractivity contribution in [2.24, 2.45) is 5.73 Å². The van der Waals surface area contributed by atoms with Crippen LogP contribution in [0.3, 0.4) is 0 Å². The number of amides is 2. The van der Waals surface area contributed by atoms with Gasteiger partial charge in [-0.15, -0.1) is 11.3 Å². The second-order valence-corrected chi connectivity index (χ2v) is 7.55. The van der Waals surface area contributed by atoms with Crippen molar-refractivity contribution in [2.45, 2.75) is 13.3 Å². The Hall–Kier alpha value is -3.38. The first-order chi connectivity index (χ1) is 14.0. The molecule has 0 spiro atoms. The zero-order chi connectivity index (χ0) is 20.8. The predicted molar refractivity (Wildman–Crippen MR) is 117 cm³/mol. The largest absolute Gasteiger partial charge is 0.496 e. The topological polar surface area (TPSA) is 81.4 Å². The van der Waals surface area contributed by atoms with Gasteiger partial charge in [0.05, 0.1) is 12.7 Å². The Morgan fingerprint density at radius 2 is 1.79 bits per heavy atom. The van der Waals surface area contributed by atoms with Crippen LogP contribution in [0.15, 0.2) is 60.7 Å². The Labute approximate surface area is 173 Å². The van der Waals surface area contributed by atoms with E-state index in [-0.39, 0.29) is 5.91 Å². The lowest BCUT2D eigenvalue weighted by molar-refractivity contribution is -0.111. The van der Waals surface area contributed by atoms with Crippen LogP contribution in [0.2, 0.25) is 0 Å². The fourth-order valence-corrected chi connectivity index (χ4v) is 4.27. The molecule has 0 saturated carbocycles. The number of carbonyl (C=O) groups is 2. The summed E-state index contributed by atoms with van der Waals surface area (Å²) >= 11 is 1.38. The van der Waals surface area contributed by atoms with E-state index in [9.17, 15) is 9.59 Å². The lowest BCUT2D eigenvalue weighted by Crippen LogP contribution is -2.16. The first-order valence-electron chi connectivity index (χ1n) is 9.07. The van der Waals surface area contributed by atoms with Gasteiger partial charge in [0.1, 0.15) is 10.8 Å². The Balaban J connectivity index is 1.82. The zero-order valence-corrected chi connectivity index (χ0v) is 17.1. The number of rotatable bonds is 7. The lowest BCUT2D eigenvalue weighted by Gasteiger charge is -2.04. The molecular weight excluding hydrogens is 384 g/mol. The minimum absolute atomic E-state index is 0.342. The molecule has 5 nitrogen and oxygen atoms in total. The first-order valence-corrected chi connectivity index (χ1v) is 9.89. The van der Waals surface area contributed by atoms with E-state index >= 15 is 0 Å². The highest BCUT2D eigenvalue weighted by Gasteiger charge is 2.20. The number of benzene rings is 2. The molecule has 2 aromatic carbocycles. The minimum atomic E-state index is -0.554. The summed E-state index contributed by atoms with van der Waals surface area (Å²) in [6.45, 7) is 1.86. The average Bonchev–Trinajstić information content (AvgIpc) is 3.02. The molecule has 29 heavy (non-hydrogen) atoms. The van der Waals surface area contributed by atoms with Gasteiger partial charge in [-0.05, 0) is 30.2 Å². The molecule has 0 unspecified atom stereocenters. The molecule has 1 heterocycles. The van der Waals surface area contributed by atoms with Crippen LogP contribution in [-0.2, 0) is 11.2 Å². The second-order valence-electron chi connectivity index (χ2n) is 6.45. The monoisotopic (exact) mass is 406 g/mol. The fourth-order valence-electron chi connectivity index (χ4n) is 3.02. The molecule has 0 aliphatic rings. The summed E-state index contributed by atoms with van der Waals surface area (Å²) in [6, 6.07) is 17.3.